The van der Waals surface area contributed by atoms with Crippen molar-refractivity contribution in [2.24, 2.45) is 7.05 Å². The number of nitrogens with zero attached hydrogens (tertiary/aromatic N) is 4. The number of aromatic nitrogens is 4. The molecular formula is C16H21N5. The highest BCUT2D eigenvalue weighted by Gasteiger charge is 2.11. The van der Waals surface area contributed by atoms with Gasteiger partial charge < -0.3 is 10.3 Å². The highest BCUT2D eigenvalue weighted by atomic mass is 15.2. The van der Waals surface area contributed by atoms with Gasteiger partial charge in [0.05, 0.1) is 16.7 Å². The van der Waals surface area contributed by atoms with Crippen molar-refractivity contribution in [3.05, 3.63) is 42.0 Å². The first-order valence-electron chi connectivity index (χ1n) is 7.40. The molecule has 110 valence electrons. The van der Waals surface area contributed by atoms with E-state index in [4.69, 9.17) is 10.7 Å². The van der Waals surface area contributed by atoms with Gasteiger partial charge in [-0.15, -0.1) is 0 Å². The normalized spacial score (nSPS) is 11.3. The number of hydrogen-bond donors (Lipinski definition) is 1. The van der Waals surface area contributed by atoms with Crippen LogP contribution in [0.15, 0.2) is 30.5 Å². The van der Waals surface area contributed by atoms with Crippen LogP contribution in [0, 0.1) is 0 Å². The largest absolute Gasteiger partial charge is 0.399 e. The predicted molar refractivity (Wildman–Crippen MR) is 85.1 cm³/mol. The summed E-state index contributed by atoms with van der Waals surface area (Å²) in [6.45, 7) is 3.07. The molecule has 3 rings (SSSR count). The van der Waals surface area contributed by atoms with Crippen LogP contribution < -0.4 is 5.73 Å². The van der Waals surface area contributed by atoms with Gasteiger partial charge >= 0.3 is 0 Å². The molecular weight excluding hydrogens is 262 g/mol. The fourth-order valence-corrected chi connectivity index (χ4v) is 2.68. The van der Waals surface area contributed by atoms with Gasteiger partial charge in [-0.3, -0.25) is 4.68 Å². The molecule has 0 atom stereocenters. The number of nitrogens with two attached hydrogens (primary N) is 1. The number of aryl methyl sites for hydroxylation is 4. The van der Waals surface area contributed by atoms with Gasteiger partial charge in [-0.05, 0) is 30.7 Å². The van der Waals surface area contributed by atoms with E-state index in [0.29, 0.717) is 0 Å². The average Bonchev–Trinajstić information content (AvgIpc) is 3.00. The Morgan fingerprint density at radius 3 is 2.76 bits per heavy atom. The summed E-state index contributed by atoms with van der Waals surface area (Å²) >= 11 is 0. The van der Waals surface area contributed by atoms with Crippen LogP contribution in [0.4, 0.5) is 5.69 Å². The molecule has 0 spiro atoms. The summed E-state index contributed by atoms with van der Waals surface area (Å²) in [5.74, 6) is 1.13. The molecule has 5 heteroatoms. The number of benzene rings is 1. The maximum Gasteiger partial charge on any atom is 0.109 e. The third-order valence-electron chi connectivity index (χ3n) is 3.69. The topological polar surface area (TPSA) is 61.7 Å². The van der Waals surface area contributed by atoms with Crippen molar-refractivity contribution < 1.29 is 0 Å². The van der Waals surface area contributed by atoms with Crippen LogP contribution in [-0.4, -0.2) is 19.3 Å². The summed E-state index contributed by atoms with van der Waals surface area (Å²) in [4.78, 5) is 4.74. The molecule has 0 aliphatic rings. The lowest BCUT2D eigenvalue weighted by atomic mass is 10.2. The lowest BCUT2D eigenvalue weighted by Crippen LogP contribution is -2.07. The Balaban J connectivity index is 1.92. The fourth-order valence-electron chi connectivity index (χ4n) is 2.68. The molecule has 0 amide bonds. The van der Waals surface area contributed by atoms with Crippen molar-refractivity contribution in [3.8, 4) is 0 Å². The van der Waals surface area contributed by atoms with E-state index in [2.05, 4.69) is 28.7 Å². The molecule has 0 aliphatic carbocycles. The van der Waals surface area contributed by atoms with Gasteiger partial charge in [-0.2, -0.15) is 5.10 Å². The van der Waals surface area contributed by atoms with Crippen molar-refractivity contribution in [3.63, 3.8) is 0 Å². The Labute approximate surface area is 124 Å². The maximum absolute atomic E-state index is 5.86. The van der Waals surface area contributed by atoms with Crippen LogP contribution in [0.25, 0.3) is 11.0 Å². The van der Waals surface area contributed by atoms with Crippen LogP contribution in [-0.2, 0) is 26.4 Å². The number of anilines is 1. The summed E-state index contributed by atoms with van der Waals surface area (Å²) in [6, 6.07) is 8.02. The van der Waals surface area contributed by atoms with Crippen molar-refractivity contribution in [2.75, 3.05) is 5.73 Å². The zero-order valence-corrected chi connectivity index (χ0v) is 12.6. The van der Waals surface area contributed by atoms with E-state index in [-0.39, 0.29) is 0 Å². The number of fused-ring (bicyclic) bond motifs is 1. The standard InChI is InChI=1S/C16H21N5/c1-3-4-16-18-14-11-12(17)5-6-15(14)21(16)10-8-13-7-9-20(2)19-13/h5-7,9,11H,3-4,8,10,17H2,1-2H3. The van der Waals surface area contributed by atoms with E-state index < -0.39 is 0 Å². The summed E-state index contributed by atoms with van der Waals surface area (Å²) < 4.78 is 4.14. The Morgan fingerprint density at radius 2 is 2.05 bits per heavy atom. The van der Waals surface area contributed by atoms with Crippen molar-refractivity contribution in [1.82, 2.24) is 19.3 Å². The third kappa shape index (κ3) is 2.77. The van der Waals surface area contributed by atoms with E-state index >= 15 is 0 Å². The van der Waals surface area contributed by atoms with Gasteiger partial charge in [0.2, 0.25) is 0 Å². The minimum atomic E-state index is 0.764. The predicted octanol–water partition coefficient (Wildman–Crippen LogP) is 2.55. The fraction of sp³-hybridized carbons (Fsp3) is 0.375. The lowest BCUT2D eigenvalue weighted by Gasteiger charge is -2.07. The third-order valence-corrected chi connectivity index (χ3v) is 3.69. The Kier molecular flexibility index (Phi) is 3.64. The number of nitrogen functional groups attached to an aromatic ring is 1. The lowest BCUT2D eigenvalue weighted by molar-refractivity contribution is 0.640. The van der Waals surface area contributed by atoms with Gasteiger partial charge in [0.1, 0.15) is 5.82 Å². The van der Waals surface area contributed by atoms with E-state index in [1.54, 1.807) is 0 Å². The summed E-state index contributed by atoms with van der Waals surface area (Å²) in [5, 5.41) is 4.44. The van der Waals surface area contributed by atoms with Gasteiger partial charge in [-0.1, -0.05) is 6.92 Å². The second-order valence-electron chi connectivity index (χ2n) is 5.41. The summed E-state index contributed by atoms with van der Waals surface area (Å²) in [6.07, 6.45) is 4.96. The zero-order valence-electron chi connectivity index (χ0n) is 12.6. The van der Waals surface area contributed by atoms with Crippen LogP contribution in [0.2, 0.25) is 0 Å². The Hall–Kier alpha value is -2.30. The minimum absolute atomic E-state index is 0.764. The molecule has 5 nitrogen and oxygen atoms in total. The summed E-state index contributed by atoms with van der Waals surface area (Å²) in [7, 11) is 1.95. The number of hydrogen-bond acceptors (Lipinski definition) is 3. The molecule has 2 heterocycles. The maximum atomic E-state index is 5.86. The first kappa shape index (κ1) is 13.7. The second-order valence-corrected chi connectivity index (χ2v) is 5.41. The first-order chi connectivity index (χ1) is 10.2. The van der Waals surface area contributed by atoms with Crippen molar-refractivity contribution in [1.29, 1.82) is 0 Å². The van der Waals surface area contributed by atoms with Gasteiger partial charge in [-0.25, -0.2) is 4.98 Å². The Bertz CT molecular complexity index is 753. The highest BCUT2D eigenvalue weighted by molar-refractivity contribution is 5.79. The first-order valence-corrected chi connectivity index (χ1v) is 7.40. The zero-order chi connectivity index (χ0) is 14.8. The molecule has 3 aromatic rings. The number of imidazole rings is 1. The molecule has 0 unspecified atom stereocenters. The highest BCUT2D eigenvalue weighted by Crippen LogP contribution is 2.20. The van der Waals surface area contributed by atoms with Gasteiger partial charge in [0.15, 0.2) is 0 Å². The second kappa shape index (κ2) is 5.60. The van der Waals surface area contributed by atoms with Gasteiger partial charge in [0.25, 0.3) is 0 Å². The molecule has 2 N–H and O–H groups in total. The quantitative estimate of drug-likeness (QED) is 0.732. The van der Waals surface area contributed by atoms with Gasteiger partial charge in [0, 0.05) is 38.3 Å². The van der Waals surface area contributed by atoms with E-state index in [9.17, 15) is 0 Å². The minimum Gasteiger partial charge on any atom is -0.399 e. The Morgan fingerprint density at radius 1 is 1.19 bits per heavy atom. The monoisotopic (exact) mass is 283 g/mol. The van der Waals surface area contributed by atoms with Crippen LogP contribution in [0.3, 0.4) is 0 Å². The molecule has 2 aromatic heterocycles. The smallest absolute Gasteiger partial charge is 0.109 e. The molecule has 0 fully saturated rings. The molecule has 1 aromatic carbocycles. The molecule has 0 aliphatic heterocycles. The van der Waals surface area contributed by atoms with Crippen LogP contribution >= 0.6 is 0 Å². The molecule has 0 radical (unpaired) electrons. The molecule has 21 heavy (non-hydrogen) atoms. The van der Waals surface area contributed by atoms with Crippen LogP contribution in [0.5, 0.6) is 0 Å². The van der Waals surface area contributed by atoms with Crippen LogP contribution in [0.1, 0.15) is 24.9 Å². The molecule has 0 saturated heterocycles. The average molecular weight is 283 g/mol. The van der Waals surface area contributed by atoms with Crippen molar-refractivity contribution in [2.45, 2.75) is 32.7 Å². The summed E-state index contributed by atoms with van der Waals surface area (Å²) in [5.41, 5.74) is 9.88. The SMILES string of the molecule is CCCc1nc2cc(N)ccc2n1CCc1ccn(C)n1. The van der Waals surface area contributed by atoms with E-state index in [0.717, 1.165) is 54.0 Å². The molecule has 0 saturated carbocycles. The van der Waals surface area contributed by atoms with E-state index in [1.807, 2.05) is 30.1 Å². The van der Waals surface area contributed by atoms with Crippen molar-refractivity contribution >= 4 is 16.7 Å². The molecule has 0 bridgehead atoms. The van der Waals surface area contributed by atoms with E-state index in [1.165, 1.54) is 0 Å². The number of rotatable bonds is 5.